The first-order valence-corrected chi connectivity index (χ1v) is 7.35. The van der Waals surface area contributed by atoms with Gasteiger partial charge in [-0.15, -0.1) is 11.3 Å². The molecule has 0 saturated carbocycles. The van der Waals surface area contributed by atoms with Crippen molar-refractivity contribution in [2.24, 2.45) is 0 Å². The van der Waals surface area contributed by atoms with Gasteiger partial charge in [-0.1, -0.05) is 23.4 Å². The van der Waals surface area contributed by atoms with Gasteiger partial charge in [-0.05, 0) is 30.3 Å². The fourth-order valence-electron chi connectivity index (χ4n) is 2.23. The highest BCUT2D eigenvalue weighted by Gasteiger charge is 2.14. The summed E-state index contributed by atoms with van der Waals surface area (Å²) in [6.45, 7) is 0. The highest BCUT2D eigenvalue weighted by molar-refractivity contribution is 7.17. The Morgan fingerprint density at radius 3 is 2.67 bits per heavy atom. The van der Waals surface area contributed by atoms with Gasteiger partial charge < -0.3 is 10.3 Å². The van der Waals surface area contributed by atoms with Crippen LogP contribution in [0.1, 0.15) is 0 Å². The molecule has 102 valence electrons. The van der Waals surface area contributed by atoms with Crippen molar-refractivity contribution in [1.82, 2.24) is 10.1 Å². The van der Waals surface area contributed by atoms with E-state index in [4.69, 9.17) is 10.3 Å². The Hall–Kier alpha value is -2.66. The summed E-state index contributed by atoms with van der Waals surface area (Å²) in [7, 11) is 0. The van der Waals surface area contributed by atoms with Gasteiger partial charge in [-0.3, -0.25) is 0 Å². The van der Waals surface area contributed by atoms with Crippen LogP contribution >= 0.6 is 11.3 Å². The molecule has 2 heterocycles. The smallest absolute Gasteiger partial charge is 0.259 e. The zero-order valence-corrected chi connectivity index (χ0v) is 11.8. The molecule has 21 heavy (non-hydrogen) atoms. The molecular formula is C16H11N3OS. The van der Waals surface area contributed by atoms with E-state index in [0.29, 0.717) is 17.4 Å². The molecule has 0 unspecified atom stereocenters. The number of nitrogens with two attached hydrogens (primary N) is 1. The predicted molar refractivity (Wildman–Crippen MR) is 85.0 cm³/mol. The molecule has 4 rings (SSSR count). The van der Waals surface area contributed by atoms with E-state index in [2.05, 4.69) is 22.3 Å². The van der Waals surface area contributed by atoms with Gasteiger partial charge >= 0.3 is 0 Å². The number of fused-ring (bicyclic) bond motifs is 1. The lowest BCUT2D eigenvalue weighted by molar-refractivity contribution is 0.433. The van der Waals surface area contributed by atoms with Gasteiger partial charge in [0.05, 0.1) is 5.56 Å². The van der Waals surface area contributed by atoms with Crippen LogP contribution in [0, 0.1) is 0 Å². The maximum absolute atomic E-state index is 5.69. The van der Waals surface area contributed by atoms with Crippen LogP contribution in [0.5, 0.6) is 0 Å². The lowest BCUT2D eigenvalue weighted by Gasteiger charge is -1.94. The molecule has 0 aliphatic rings. The van der Waals surface area contributed by atoms with Crippen LogP contribution in [0.25, 0.3) is 32.9 Å². The molecule has 2 N–H and O–H groups in total. The third-order valence-corrected chi connectivity index (χ3v) is 4.27. The van der Waals surface area contributed by atoms with Crippen molar-refractivity contribution in [2.75, 3.05) is 5.73 Å². The summed E-state index contributed by atoms with van der Waals surface area (Å²) in [5.41, 5.74) is 8.27. The van der Waals surface area contributed by atoms with Crippen molar-refractivity contribution in [3.63, 3.8) is 0 Å². The normalized spacial score (nSPS) is 11.0. The average Bonchev–Trinajstić information content (AvgIpc) is 3.14. The Kier molecular flexibility index (Phi) is 2.72. The topological polar surface area (TPSA) is 64.9 Å². The van der Waals surface area contributed by atoms with Gasteiger partial charge in [-0.25, -0.2) is 0 Å². The zero-order valence-electron chi connectivity index (χ0n) is 11.0. The molecular weight excluding hydrogens is 282 g/mol. The van der Waals surface area contributed by atoms with Crippen molar-refractivity contribution < 1.29 is 4.52 Å². The first kappa shape index (κ1) is 12.1. The number of aromatic nitrogens is 2. The molecule has 0 fully saturated rings. The second-order valence-corrected chi connectivity index (χ2v) is 5.60. The largest absolute Gasteiger partial charge is 0.399 e. The summed E-state index contributed by atoms with van der Waals surface area (Å²) >= 11 is 1.67. The van der Waals surface area contributed by atoms with Crippen molar-refractivity contribution in [1.29, 1.82) is 0 Å². The van der Waals surface area contributed by atoms with E-state index in [1.807, 2.05) is 41.8 Å². The molecule has 0 aliphatic heterocycles. The van der Waals surface area contributed by atoms with E-state index in [1.165, 1.54) is 4.70 Å². The van der Waals surface area contributed by atoms with E-state index >= 15 is 0 Å². The number of hydrogen-bond donors (Lipinski definition) is 1. The molecule has 0 spiro atoms. The molecule has 2 aromatic carbocycles. The molecule has 0 amide bonds. The van der Waals surface area contributed by atoms with Gasteiger partial charge in [0.15, 0.2) is 0 Å². The minimum atomic E-state index is 0.541. The molecule has 0 aliphatic carbocycles. The molecule has 0 bridgehead atoms. The molecule has 2 aromatic heterocycles. The monoisotopic (exact) mass is 293 g/mol. The van der Waals surface area contributed by atoms with Gasteiger partial charge in [0.25, 0.3) is 5.89 Å². The van der Waals surface area contributed by atoms with Crippen LogP contribution in [0.4, 0.5) is 5.69 Å². The summed E-state index contributed by atoms with van der Waals surface area (Å²) in [5.74, 6) is 1.11. The Labute approximate surface area is 124 Å². The predicted octanol–water partition coefficient (Wildman–Crippen LogP) is 4.20. The summed E-state index contributed by atoms with van der Waals surface area (Å²) in [6, 6.07) is 15.6. The van der Waals surface area contributed by atoms with Crippen LogP contribution in [-0.2, 0) is 0 Å². The first-order chi connectivity index (χ1) is 10.3. The number of nitrogen functional groups attached to an aromatic ring is 1. The van der Waals surface area contributed by atoms with Crippen molar-refractivity contribution in [3.05, 3.63) is 53.9 Å². The lowest BCUT2D eigenvalue weighted by atomic mass is 10.2. The maximum Gasteiger partial charge on any atom is 0.259 e. The molecule has 5 heteroatoms. The van der Waals surface area contributed by atoms with Gasteiger partial charge in [0.1, 0.15) is 0 Å². The van der Waals surface area contributed by atoms with E-state index < -0.39 is 0 Å². The molecule has 0 saturated heterocycles. The third-order valence-electron chi connectivity index (χ3n) is 3.31. The first-order valence-electron chi connectivity index (χ1n) is 6.47. The number of thiophene rings is 1. The van der Waals surface area contributed by atoms with Gasteiger partial charge in [0.2, 0.25) is 5.82 Å². The molecule has 0 atom stereocenters. The van der Waals surface area contributed by atoms with E-state index in [0.717, 1.165) is 16.5 Å². The van der Waals surface area contributed by atoms with Crippen molar-refractivity contribution >= 4 is 27.1 Å². The molecule has 4 aromatic rings. The molecule has 0 radical (unpaired) electrons. The lowest BCUT2D eigenvalue weighted by Crippen LogP contribution is -1.85. The zero-order chi connectivity index (χ0) is 14.2. The van der Waals surface area contributed by atoms with Gasteiger partial charge in [0, 0.05) is 26.7 Å². The number of anilines is 1. The summed E-state index contributed by atoms with van der Waals surface area (Å²) in [4.78, 5) is 4.49. The Morgan fingerprint density at radius 1 is 1.00 bits per heavy atom. The van der Waals surface area contributed by atoms with Crippen LogP contribution in [0.2, 0.25) is 0 Å². The Bertz CT molecular complexity index is 909. The number of benzene rings is 2. The van der Waals surface area contributed by atoms with Crippen molar-refractivity contribution in [2.45, 2.75) is 0 Å². The van der Waals surface area contributed by atoms with Crippen LogP contribution in [0.15, 0.2) is 58.4 Å². The summed E-state index contributed by atoms with van der Waals surface area (Å²) in [6.07, 6.45) is 0. The van der Waals surface area contributed by atoms with Crippen LogP contribution in [-0.4, -0.2) is 10.1 Å². The van der Waals surface area contributed by atoms with E-state index in [1.54, 1.807) is 11.3 Å². The van der Waals surface area contributed by atoms with E-state index in [-0.39, 0.29) is 0 Å². The summed E-state index contributed by atoms with van der Waals surface area (Å²) in [5, 5.41) is 7.24. The maximum atomic E-state index is 5.69. The SMILES string of the molecule is Nc1ccc(-c2noc(-c3csc4ccccc34)n2)cc1. The minimum absolute atomic E-state index is 0.541. The average molecular weight is 293 g/mol. The molecule has 4 nitrogen and oxygen atoms in total. The number of rotatable bonds is 2. The van der Waals surface area contributed by atoms with E-state index in [9.17, 15) is 0 Å². The van der Waals surface area contributed by atoms with Crippen LogP contribution in [0.3, 0.4) is 0 Å². The third kappa shape index (κ3) is 2.08. The Morgan fingerprint density at radius 2 is 1.81 bits per heavy atom. The highest BCUT2D eigenvalue weighted by Crippen LogP contribution is 2.33. The highest BCUT2D eigenvalue weighted by atomic mass is 32.1. The number of hydrogen-bond acceptors (Lipinski definition) is 5. The summed E-state index contributed by atoms with van der Waals surface area (Å²) < 4.78 is 6.62. The fourth-order valence-corrected chi connectivity index (χ4v) is 3.16. The Balaban J connectivity index is 1.79. The second-order valence-electron chi connectivity index (χ2n) is 4.69. The fraction of sp³-hybridized carbons (Fsp3) is 0. The minimum Gasteiger partial charge on any atom is -0.399 e. The number of nitrogens with zero attached hydrogens (tertiary/aromatic N) is 2. The standard InChI is InChI=1S/C16H11N3OS/c17-11-7-5-10(6-8-11)15-18-16(20-19-15)13-9-21-14-4-2-1-3-12(13)14/h1-9H,17H2. The quantitative estimate of drug-likeness (QED) is 0.562. The second kappa shape index (κ2) is 4.71. The van der Waals surface area contributed by atoms with Crippen LogP contribution < -0.4 is 5.73 Å². The van der Waals surface area contributed by atoms with Gasteiger partial charge in [-0.2, -0.15) is 4.98 Å². The van der Waals surface area contributed by atoms with Crippen molar-refractivity contribution in [3.8, 4) is 22.8 Å².